The summed E-state index contributed by atoms with van der Waals surface area (Å²) in [6, 6.07) is 10.6. The fraction of sp³-hybridized carbons (Fsp3) is 0.450. The molecule has 0 unspecified atom stereocenters. The van der Waals surface area contributed by atoms with Crippen molar-refractivity contribution < 1.29 is 4.79 Å². The zero-order chi connectivity index (χ0) is 17.6. The summed E-state index contributed by atoms with van der Waals surface area (Å²) in [7, 11) is 2.14. The van der Waals surface area contributed by atoms with Crippen LogP contribution in [0.3, 0.4) is 0 Å². The van der Waals surface area contributed by atoms with Gasteiger partial charge < -0.3 is 9.80 Å². The number of amides is 1. The van der Waals surface area contributed by atoms with Crippen molar-refractivity contribution >= 4 is 5.91 Å². The molecule has 3 rings (SSSR count). The highest BCUT2D eigenvalue weighted by atomic mass is 16.2. The average molecular weight is 338 g/mol. The van der Waals surface area contributed by atoms with Gasteiger partial charge in [-0.25, -0.2) is 4.98 Å². The fourth-order valence-electron chi connectivity index (χ4n) is 3.30. The van der Waals surface area contributed by atoms with Gasteiger partial charge >= 0.3 is 0 Å². The topological polar surface area (TPSA) is 49.3 Å². The van der Waals surface area contributed by atoms with Crippen molar-refractivity contribution in [3.05, 3.63) is 59.7 Å². The molecule has 2 heterocycles. The third-order valence-electron chi connectivity index (χ3n) is 4.87. The minimum absolute atomic E-state index is 0.00187. The van der Waals surface area contributed by atoms with Crippen LogP contribution >= 0.6 is 0 Å². The Bertz CT molecular complexity index is 679. The minimum Gasteiger partial charge on any atom is -0.334 e. The second-order valence-electron chi connectivity index (χ2n) is 6.81. The summed E-state index contributed by atoms with van der Waals surface area (Å²) in [5.74, 6) is -0.00187. The molecule has 1 fully saturated rings. The molecule has 25 heavy (non-hydrogen) atoms. The summed E-state index contributed by atoms with van der Waals surface area (Å²) >= 11 is 0. The molecule has 1 aromatic heterocycles. The average Bonchev–Trinajstić information content (AvgIpc) is 2.64. The number of hydrogen-bond donors (Lipinski definition) is 0. The Morgan fingerprint density at radius 1 is 1.16 bits per heavy atom. The number of hydrogen-bond acceptors (Lipinski definition) is 4. The monoisotopic (exact) mass is 338 g/mol. The molecule has 0 spiro atoms. The van der Waals surface area contributed by atoms with Crippen LogP contribution < -0.4 is 0 Å². The molecular weight excluding hydrogens is 312 g/mol. The summed E-state index contributed by atoms with van der Waals surface area (Å²) in [6.45, 7) is 4.65. The second kappa shape index (κ2) is 8.21. The van der Waals surface area contributed by atoms with Crippen molar-refractivity contribution in [2.75, 3.05) is 26.7 Å². The number of aryl methyl sites for hydroxylation is 1. The molecule has 1 amide bonds. The van der Waals surface area contributed by atoms with Crippen LogP contribution in [0.4, 0.5) is 0 Å². The first kappa shape index (κ1) is 17.5. The molecule has 0 N–H and O–H groups in total. The Kier molecular flexibility index (Phi) is 5.76. The van der Waals surface area contributed by atoms with Crippen molar-refractivity contribution in [3.8, 4) is 0 Å². The van der Waals surface area contributed by atoms with Crippen LogP contribution in [0.5, 0.6) is 0 Å². The van der Waals surface area contributed by atoms with Crippen molar-refractivity contribution in [2.24, 2.45) is 0 Å². The predicted molar refractivity (Wildman–Crippen MR) is 98.5 cm³/mol. The molecule has 0 atom stereocenters. The lowest BCUT2D eigenvalue weighted by molar-refractivity contribution is 0.0588. The van der Waals surface area contributed by atoms with E-state index in [1.54, 1.807) is 12.4 Å². The smallest absolute Gasteiger partial charge is 0.274 e. The molecule has 5 nitrogen and oxygen atoms in total. The Labute approximate surface area is 149 Å². The van der Waals surface area contributed by atoms with Gasteiger partial charge in [0.15, 0.2) is 0 Å². The number of nitrogens with zero attached hydrogens (tertiary/aromatic N) is 4. The van der Waals surface area contributed by atoms with E-state index in [1.165, 1.54) is 5.56 Å². The van der Waals surface area contributed by atoms with E-state index in [0.29, 0.717) is 12.2 Å². The van der Waals surface area contributed by atoms with E-state index < -0.39 is 0 Å². The van der Waals surface area contributed by atoms with E-state index >= 15 is 0 Å². The highest BCUT2D eigenvalue weighted by molar-refractivity contribution is 5.92. The van der Waals surface area contributed by atoms with Crippen molar-refractivity contribution in [3.63, 3.8) is 0 Å². The van der Waals surface area contributed by atoms with Gasteiger partial charge in [-0.05, 0) is 51.9 Å². The van der Waals surface area contributed by atoms with Gasteiger partial charge in [-0.1, -0.05) is 30.3 Å². The zero-order valence-electron chi connectivity index (χ0n) is 15.1. The lowest BCUT2D eigenvalue weighted by atomic mass is 10.0. The van der Waals surface area contributed by atoms with Crippen molar-refractivity contribution in [1.29, 1.82) is 0 Å². The maximum absolute atomic E-state index is 13.1. The third-order valence-corrected chi connectivity index (χ3v) is 4.87. The SMILES string of the molecule is Cc1cnc(C(=O)N(CCc2ccccc2)C2CCN(C)CC2)cn1. The Balaban J connectivity index is 1.75. The molecule has 0 aliphatic carbocycles. The molecule has 5 heteroatoms. The number of likely N-dealkylation sites (tertiary alicyclic amines) is 1. The summed E-state index contributed by atoms with van der Waals surface area (Å²) in [4.78, 5) is 25.9. The van der Waals surface area contributed by atoms with E-state index in [-0.39, 0.29) is 11.9 Å². The number of rotatable bonds is 5. The van der Waals surface area contributed by atoms with Crippen LogP contribution in [0, 0.1) is 6.92 Å². The molecule has 132 valence electrons. The van der Waals surface area contributed by atoms with Gasteiger partial charge in [0.05, 0.1) is 11.9 Å². The first-order valence-corrected chi connectivity index (χ1v) is 8.95. The maximum atomic E-state index is 13.1. The van der Waals surface area contributed by atoms with E-state index in [4.69, 9.17) is 0 Å². The lowest BCUT2D eigenvalue weighted by Crippen LogP contribution is -2.47. The fourth-order valence-corrected chi connectivity index (χ4v) is 3.30. The summed E-state index contributed by atoms with van der Waals surface area (Å²) < 4.78 is 0. The zero-order valence-corrected chi connectivity index (χ0v) is 15.1. The predicted octanol–water partition coefficient (Wildman–Crippen LogP) is 2.56. The molecule has 2 aromatic rings. The van der Waals surface area contributed by atoms with Gasteiger partial charge in [0.2, 0.25) is 0 Å². The number of piperidine rings is 1. The lowest BCUT2D eigenvalue weighted by Gasteiger charge is -2.37. The molecule has 0 radical (unpaired) electrons. The Morgan fingerprint density at radius 3 is 2.52 bits per heavy atom. The van der Waals surface area contributed by atoms with E-state index in [0.717, 1.165) is 38.0 Å². The number of benzene rings is 1. The van der Waals surface area contributed by atoms with Crippen molar-refractivity contribution in [1.82, 2.24) is 19.8 Å². The maximum Gasteiger partial charge on any atom is 0.274 e. The minimum atomic E-state index is -0.00187. The first-order chi connectivity index (χ1) is 12.1. The van der Waals surface area contributed by atoms with Gasteiger partial charge in [-0.3, -0.25) is 9.78 Å². The molecule has 1 aliphatic heterocycles. The molecular formula is C20H26N4O. The molecule has 0 bridgehead atoms. The van der Waals surface area contributed by atoms with Gasteiger partial charge in [-0.2, -0.15) is 0 Å². The normalized spacial score (nSPS) is 15.9. The van der Waals surface area contributed by atoms with Crippen LogP contribution in [0.25, 0.3) is 0 Å². The summed E-state index contributed by atoms with van der Waals surface area (Å²) in [6.07, 6.45) is 6.14. The number of aromatic nitrogens is 2. The van der Waals surface area contributed by atoms with Gasteiger partial charge in [0, 0.05) is 18.8 Å². The van der Waals surface area contributed by atoms with Crippen LogP contribution in [0.1, 0.15) is 34.6 Å². The standard InChI is InChI=1S/C20H26N4O/c1-16-14-22-19(15-21-16)20(25)24(18-9-11-23(2)12-10-18)13-8-17-6-4-3-5-7-17/h3-7,14-15,18H,8-13H2,1-2H3. The quantitative estimate of drug-likeness (QED) is 0.841. The van der Waals surface area contributed by atoms with Crippen LogP contribution in [0.2, 0.25) is 0 Å². The second-order valence-corrected chi connectivity index (χ2v) is 6.81. The largest absolute Gasteiger partial charge is 0.334 e. The first-order valence-electron chi connectivity index (χ1n) is 8.95. The molecule has 1 aromatic carbocycles. The highest BCUT2D eigenvalue weighted by Crippen LogP contribution is 2.18. The van der Waals surface area contributed by atoms with Crippen LogP contribution in [0.15, 0.2) is 42.7 Å². The van der Waals surface area contributed by atoms with E-state index in [9.17, 15) is 4.79 Å². The third kappa shape index (κ3) is 4.63. The molecule has 1 aliphatic rings. The van der Waals surface area contributed by atoms with Gasteiger partial charge in [0.25, 0.3) is 5.91 Å². The van der Waals surface area contributed by atoms with Gasteiger partial charge in [0.1, 0.15) is 5.69 Å². The number of carbonyl (C=O) groups excluding carboxylic acids is 1. The summed E-state index contributed by atoms with van der Waals surface area (Å²) in [5, 5.41) is 0. The Hall–Kier alpha value is -2.27. The Morgan fingerprint density at radius 2 is 1.88 bits per heavy atom. The van der Waals surface area contributed by atoms with Crippen LogP contribution in [-0.4, -0.2) is 58.4 Å². The van der Waals surface area contributed by atoms with Gasteiger partial charge in [-0.15, -0.1) is 0 Å². The molecule has 1 saturated heterocycles. The van der Waals surface area contributed by atoms with Crippen LogP contribution in [-0.2, 0) is 6.42 Å². The van der Waals surface area contributed by atoms with Crippen molar-refractivity contribution in [2.45, 2.75) is 32.2 Å². The highest BCUT2D eigenvalue weighted by Gasteiger charge is 2.28. The summed E-state index contributed by atoms with van der Waals surface area (Å²) in [5.41, 5.74) is 2.52. The number of carbonyl (C=O) groups is 1. The molecule has 0 saturated carbocycles. The van der Waals surface area contributed by atoms with E-state index in [1.807, 2.05) is 30.0 Å². The van der Waals surface area contributed by atoms with E-state index in [2.05, 4.69) is 34.0 Å².